The van der Waals surface area contributed by atoms with E-state index in [9.17, 15) is 14.7 Å². The fraction of sp³-hybridized carbons (Fsp3) is 0.125. The Morgan fingerprint density at radius 2 is 1.80 bits per heavy atom. The standard InChI is InChI=1S/C16H14NO3/c18-15(13-9-5-2-6-10-13)17-14(16(19)20)11-12-7-3-1-4-8-12/h1-7,9-10,14H,11H2,(H,17,18)(H,19,20). The Kier molecular flexibility index (Phi) is 4.50. The Hall–Kier alpha value is -2.62. The van der Waals surface area contributed by atoms with Gasteiger partial charge in [-0.05, 0) is 23.8 Å². The van der Waals surface area contributed by atoms with E-state index in [4.69, 9.17) is 0 Å². The number of carboxylic acid groups (broad SMARTS) is 1. The van der Waals surface area contributed by atoms with Crippen LogP contribution in [-0.2, 0) is 11.2 Å². The van der Waals surface area contributed by atoms with Crippen molar-refractivity contribution in [1.29, 1.82) is 0 Å². The summed E-state index contributed by atoms with van der Waals surface area (Å²) in [5.74, 6) is -1.46. The molecule has 4 heteroatoms. The Morgan fingerprint density at radius 3 is 2.40 bits per heavy atom. The van der Waals surface area contributed by atoms with Gasteiger partial charge in [0.15, 0.2) is 0 Å². The van der Waals surface area contributed by atoms with Crippen molar-refractivity contribution in [2.75, 3.05) is 0 Å². The number of carboxylic acids is 1. The number of amides is 1. The van der Waals surface area contributed by atoms with Crippen LogP contribution in [0.4, 0.5) is 0 Å². The van der Waals surface area contributed by atoms with Crippen LogP contribution in [-0.4, -0.2) is 23.0 Å². The molecule has 0 fully saturated rings. The van der Waals surface area contributed by atoms with Crippen LogP contribution in [0.2, 0.25) is 0 Å². The first-order chi connectivity index (χ1) is 9.66. The van der Waals surface area contributed by atoms with Gasteiger partial charge < -0.3 is 10.4 Å². The Balaban J connectivity index is 2.07. The molecule has 2 N–H and O–H groups in total. The monoisotopic (exact) mass is 268 g/mol. The fourth-order valence-electron chi connectivity index (χ4n) is 1.81. The summed E-state index contributed by atoms with van der Waals surface area (Å²) in [7, 11) is 0. The van der Waals surface area contributed by atoms with Crippen LogP contribution in [0.1, 0.15) is 15.9 Å². The molecule has 2 aromatic rings. The van der Waals surface area contributed by atoms with Gasteiger partial charge in [-0.3, -0.25) is 4.79 Å². The lowest BCUT2D eigenvalue weighted by Crippen LogP contribution is -2.42. The van der Waals surface area contributed by atoms with Crippen LogP contribution in [0, 0.1) is 6.07 Å². The third-order valence-electron chi connectivity index (χ3n) is 2.84. The van der Waals surface area contributed by atoms with Gasteiger partial charge >= 0.3 is 5.97 Å². The van der Waals surface area contributed by atoms with Gasteiger partial charge in [-0.15, -0.1) is 0 Å². The smallest absolute Gasteiger partial charge is 0.326 e. The number of hydrogen-bond acceptors (Lipinski definition) is 2. The zero-order chi connectivity index (χ0) is 14.4. The van der Waals surface area contributed by atoms with Crippen molar-refractivity contribution in [3.63, 3.8) is 0 Å². The second kappa shape index (κ2) is 6.52. The summed E-state index contributed by atoms with van der Waals surface area (Å²) in [5, 5.41) is 11.7. The molecule has 1 unspecified atom stereocenters. The summed E-state index contributed by atoms with van der Waals surface area (Å²) in [4.78, 5) is 23.2. The van der Waals surface area contributed by atoms with E-state index in [1.54, 1.807) is 42.5 Å². The van der Waals surface area contributed by atoms with Gasteiger partial charge in [0, 0.05) is 12.0 Å². The number of carbonyl (C=O) groups is 2. The largest absolute Gasteiger partial charge is 0.480 e. The Bertz CT molecular complexity index is 581. The van der Waals surface area contributed by atoms with Crippen molar-refractivity contribution in [3.05, 3.63) is 71.8 Å². The van der Waals surface area contributed by atoms with E-state index in [1.165, 1.54) is 0 Å². The van der Waals surface area contributed by atoms with Gasteiger partial charge in [0.1, 0.15) is 6.04 Å². The first kappa shape index (κ1) is 13.8. The van der Waals surface area contributed by atoms with Crippen LogP contribution in [0.3, 0.4) is 0 Å². The van der Waals surface area contributed by atoms with E-state index in [0.29, 0.717) is 5.56 Å². The van der Waals surface area contributed by atoms with Crippen molar-refractivity contribution in [1.82, 2.24) is 5.32 Å². The Labute approximate surface area is 117 Å². The summed E-state index contributed by atoms with van der Waals surface area (Å²) >= 11 is 0. The summed E-state index contributed by atoms with van der Waals surface area (Å²) in [6, 6.07) is 17.6. The highest BCUT2D eigenvalue weighted by atomic mass is 16.4. The molecule has 0 saturated carbocycles. The number of benzene rings is 2. The maximum absolute atomic E-state index is 12.0. The molecular formula is C16H14NO3. The van der Waals surface area contributed by atoms with Gasteiger partial charge in [0.2, 0.25) is 0 Å². The normalized spacial score (nSPS) is 11.6. The topological polar surface area (TPSA) is 66.4 Å². The second-order valence-corrected chi connectivity index (χ2v) is 4.32. The molecular weight excluding hydrogens is 254 g/mol. The van der Waals surface area contributed by atoms with E-state index in [0.717, 1.165) is 5.56 Å². The van der Waals surface area contributed by atoms with Gasteiger partial charge in [-0.25, -0.2) is 4.79 Å². The summed E-state index contributed by atoms with van der Waals surface area (Å²) < 4.78 is 0. The van der Waals surface area contributed by atoms with Gasteiger partial charge in [0.05, 0.1) is 0 Å². The minimum atomic E-state index is -1.06. The molecule has 0 aromatic heterocycles. The maximum atomic E-state index is 12.0. The molecule has 2 aromatic carbocycles. The van der Waals surface area contributed by atoms with Crippen molar-refractivity contribution >= 4 is 11.9 Å². The minimum Gasteiger partial charge on any atom is -0.480 e. The lowest BCUT2D eigenvalue weighted by molar-refractivity contribution is -0.139. The zero-order valence-corrected chi connectivity index (χ0v) is 10.7. The predicted molar refractivity (Wildman–Crippen MR) is 74.3 cm³/mol. The van der Waals surface area contributed by atoms with Crippen LogP contribution in [0.15, 0.2) is 54.6 Å². The Morgan fingerprint density at radius 1 is 1.10 bits per heavy atom. The van der Waals surface area contributed by atoms with Gasteiger partial charge in [-0.2, -0.15) is 0 Å². The van der Waals surface area contributed by atoms with Crippen LogP contribution >= 0.6 is 0 Å². The molecule has 101 valence electrons. The molecule has 0 heterocycles. The number of nitrogens with one attached hydrogen (secondary N) is 1. The summed E-state index contributed by atoms with van der Waals surface area (Å²) in [6.07, 6.45) is 0.203. The molecule has 0 aliphatic rings. The van der Waals surface area contributed by atoms with E-state index in [1.807, 2.05) is 12.1 Å². The van der Waals surface area contributed by atoms with Crippen molar-refractivity contribution in [2.24, 2.45) is 0 Å². The predicted octanol–water partition coefficient (Wildman–Crippen LogP) is 1.91. The molecule has 1 radical (unpaired) electrons. The minimum absolute atomic E-state index is 0.203. The molecule has 0 spiro atoms. The first-order valence-corrected chi connectivity index (χ1v) is 6.21. The molecule has 0 aliphatic carbocycles. The lowest BCUT2D eigenvalue weighted by Gasteiger charge is -2.14. The average Bonchev–Trinajstić information content (AvgIpc) is 2.48. The molecule has 4 nitrogen and oxygen atoms in total. The van der Waals surface area contributed by atoms with Crippen LogP contribution in [0.5, 0.6) is 0 Å². The number of hydrogen-bond donors (Lipinski definition) is 2. The number of aliphatic carboxylic acids is 1. The third-order valence-corrected chi connectivity index (χ3v) is 2.84. The van der Waals surface area contributed by atoms with Crippen molar-refractivity contribution < 1.29 is 14.7 Å². The maximum Gasteiger partial charge on any atom is 0.326 e. The van der Waals surface area contributed by atoms with Crippen LogP contribution in [0.25, 0.3) is 0 Å². The van der Waals surface area contributed by atoms with Gasteiger partial charge in [-0.1, -0.05) is 42.5 Å². The van der Waals surface area contributed by atoms with E-state index in [2.05, 4.69) is 11.4 Å². The van der Waals surface area contributed by atoms with Crippen molar-refractivity contribution in [2.45, 2.75) is 12.5 Å². The molecule has 0 bridgehead atoms. The van der Waals surface area contributed by atoms with Crippen LogP contribution < -0.4 is 5.32 Å². The highest BCUT2D eigenvalue weighted by molar-refractivity contribution is 5.96. The molecule has 20 heavy (non-hydrogen) atoms. The average molecular weight is 268 g/mol. The summed E-state index contributed by atoms with van der Waals surface area (Å²) in [5.41, 5.74) is 1.18. The first-order valence-electron chi connectivity index (χ1n) is 6.21. The second-order valence-electron chi connectivity index (χ2n) is 4.32. The summed E-state index contributed by atoms with van der Waals surface area (Å²) in [6.45, 7) is 0. The third kappa shape index (κ3) is 3.68. The van der Waals surface area contributed by atoms with E-state index >= 15 is 0 Å². The molecule has 1 atom stereocenters. The molecule has 2 rings (SSSR count). The zero-order valence-electron chi connectivity index (χ0n) is 10.7. The molecule has 1 amide bonds. The number of carbonyl (C=O) groups excluding carboxylic acids is 1. The highest BCUT2D eigenvalue weighted by Crippen LogP contribution is 2.05. The van der Waals surface area contributed by atoms with E-state index in [-0.39, 0.29) is 6.42 Å². The van der Waals surface area contributed by atoms with Gasteiger partial charge in [0.25, 0.3) is 5.91 Å². The molecule has 0 saturated heterocycles. The van der Waals surface area contributed by atoms with E-state index < -0.39 is 17.9 Å². The quantitative estimate of drug-likeness (QED) is 0.870. The SMILES string of the molecule is O=C(NC(Cc1[c]cccc1)C(=O)O)c1ccccc1. The molecule has 0 aliphatic heterocycles. The number of rotatable bonds is 5. The highest BCUT2D eigenvalue weighted by Gasteiger charge is 2.20. The van der Waals surface area contributed by atoms with Crippen molar-refractivity contribution in [3.8, 4) is 0 Å². The lowest BCUT2D eigenvalue weighted by atomic mass is 10.1. The fourth-order valence-corrected chi connectivity index (χ4v) is 1.81.